The van der Waals surface area contributed by atoms with Crippen molar-refractivity contribution in [2.24, 2.45) is 5.92 Å². The number of hydrogen-bond acceptors (Lipinski definition) is 5. The summed E-state index contributed by atoms with van der Waals surface area (Å²) in [6, 6.07) is 0.0163. The van der Waals surface area contributed by atoms with Gasteiger partial charge in [0.25, 0.3) is 15.9 Å². The smallest absolute Gasteiger partial charge is 0.326 e. The lowest BCUT2D eigenvalue weighted by atomic mass is 9.99. The number of aryl methyl sites for hydroxylation is 1. The molecule has 0 radical (unpaired) electrons. The molecule has 9 heteroatoms. The molecule has 0 saturated heterocycles. The van der Waals surface area contributed by atoms with Gasteiger partial charge in [-0.25, -0.2) is 17.9 Å². The highest BCUT2D eigenvalue weighted by molar-refractivity contribution is 7.89. The molecule has 0 aliphatic rings. The Bertz CT molecular complexity index is 664. The number of sulfonamides is 1. The van der Waals surface area contributed by atoms with Crippen molar-refractivity contribution in [3.63, 3.8) is 0 Å². The highest BCUT2D eigenvalue weighted by Gasteiger charge is 2.28. The van der Waals surface area contributed by atoms with Gasteiger partial charge in [-0.2, -0.15) is 0 Å². The van der Waals surface area contributed by atoms with Gasteiger partial charge in [-0.1, -0.05) is 20.3 Å². The third-order valence-electron chi connectivity index (χ3n) is 3.44. The van der Waals surface area contributed by atoms with Gasteiger partial charge < -0.3 is 14.8 Å². The van der Waals surface area contributed by atoms with Crippen LogP contribution in [-0.4, -0.2) is 38.5 Å². The van der Waals surface area contributed by atoms with Crippen LogP contribution in [0.3, 0.4) is 0 Å². The Balaban J connectivity index is 3.06. The van der Waals surface area contributed by atoms with Gasteiger partial charge in [-0.05, 0) is 19.9 Å². The van der Waals surface area contributed by atoms with E-state index in [0.717, 1.165) is 6.07 Å². The fourth-order valence-electron chi connectivity index (χ4n) is 1.82. The van der Waals surface area contributed by atoms with Crippen molar-refractivity contribution in [1.29, 1.82) is 0 Å². The van der Waals surface area contributed by atoms with E-state index in [1.165, 1.54) is 14.0 Å². The Morgan fingerprint density at radius 1 is 1.41 bits per heavy atom. The summed E-state index contributed by atoms with van der Waals surface area (Å²) in [5.41, 5.74) is -0.0108. The van der Waals surface area contributed by atoms with Crippen molar-refractivity contribution in [2.45, 2.75) is 38.3 Å². The van der Waals surface area contributed by atoms with E-state index in [1.54, 1.807) is 6.92 Å². The van der Waals surface area contributed by atoms with E-state index < -0.39 is 33.0 Å². The summed E-state index contributed by atoms with van der Waals surface area (Å²) in [4.78, 5) is 23.4. The maximum atomic E-state index is 12.2. The van der Waals surface area contributed by atoms with Crippen LogP contribution in [0.2, 0.25) is 0 Å². The van der Waals surface area contributed by atoms with Crippen LogP contribution in [0.15, 0.2) is 15.6 Å². The first-order chi connectivity index (χ1) is 10.1. The second kappa shape index (κ2) is 6.93. The molecule has 0 aliphatic heterocycles. The fourth-order valence-corrected chi connectivity index (χ4v) is 2.52. The van der Waals surface area contributed by atoms with Gasteiger partial charge in [0.2, 0.25) is 5.09 Å². The second-order valence-corrected chi connectivity index (χ2v) is 6.74. The number of nitrogens with one attached hydrogen (secondary N) is 2. The summed E-state index contributed by atoms with van der Waals surface area (Å²) in [5.74, 6) is -2.01. The molecule has 0 aliphatic carbocycles. The summed E-state index contributed by atoms with van der Waals surface area (Å²) >= 11 is 0. The zero-order valence-electron chi connectivity index (χ0n) is 12.8. The standard InChI is InChI=1S/C13H20N2O6S/c1-5-7(2)11(13(17)18)15-12(16)9-6-10(21-8(9)3)22(19,20)14-4/h6-7,11,14H,5H2,1-4H3,(H,15,16)(H,17,18). The third-order valence-corrected chi connectivity index (χ3v) is 4.71. The molecule has 0 aromatic carbocycles. The van der Waals surface area contributed by atoms with Crippen LogP contribution in [0, 0.1) is 12.8 Å². The minimum atomic E-state index is -3.81. The largest absolute Gasteiger partial charge is 0.480 e. The lowest BCUT2D eigenvalue weighted by Gasteiger charge is -2.19. The zero-order chi connectivity index (χ0) is 17.1. The van der Waals surface area contributed by atoms with Gasteiger partial charge in [0.05, 0.1) is 5.56 Å². The first-order valence-corrected chi connectivity index (χ1v) is 8.20. The van der Waals surface area contributed by atoms with E-state index >= 15 is 0 Å². The number of amides is 1. The van der Waals surface area contributed by atoms with Crippen LogP contribution in [0.5, 0.6) is 0 Å². The van der Waals surface area contributed by atoms with E-state index in [2.05, 4.69) is 10.0 Å². The quantitative estimate of drug-likeness (QED) is 0.675. The summed E-state index contributed by atoms with van der Waals surface area (Å²) in [7, 11) is -2.59. The van der Waals surface area contributed by atoms with Crippen molar-refractivity contribution >= 4 is 21.9 Å². The molecule has 1 amide bonds. The third kappa shape index (κ3) is 3.86. The molecular weight excluding hydrogens is 312 g/mol. The van der Waals surface area contributed by atoms with Crippen LogP contribution < -0.4 is 10.0 Å². The van der Waals surface area contributed by atoms with Gasteiger partial charge in [-0.15, -0.1) is 0 Å². The van der Waals surface area contributed by atoms with E-state index in [9.17, 15) is 18.0 Å². The number of furan rings is 1. The highest BCUT2D eigenvalue weighted by Crippen LogP contribution is 2.19. The second-order valence-electron chi connectivity index (χ2n) is 4.92. The maximum Gasteiger partial charge on any atom is 0.326 e. The van der Waals surface area contributed by atoms with Crippen LogP contribution >= 0.6 is 0 Å². The molecule has 124 valence electrons. The molecule has 3 N–H and O–H groups in total. The molecule has 1 heterocycles. The number of rotatable bonds is 7. The van der Waals surface area contributed by atoms with Crippen molar-refractivity contribution < 1.29 is 27.5 Å². The zero-order valence-corrected chi connectivity index (χ0v) is 13.7. The molecule has 0 bridgehead atoms. The number of carboxylic acid groups (broad SMARTS) is 1. The predicted octanol–water partition coefficient (Wildman–Crippen LogP) is 0.725. The Labute approximate surface area is 128 Å². The van der Waals surface area contributed by atoms with Crippen molar-refractivity contribution in [3.05, 3.63) is 17.4 Å². The fraction of sp³-hybridized carbons (Fsp3) is 0.538. The molecule has 22 heavy (non-hydrogen) atoms. The van der Waals surface area contributed by atoms with Gasteiger partial charge >= 0.3 is 5.97 Å². The van der Waals surface area contributed by atoms with Crippen LogP contribution in [0.4, 0.5) is 0 Å². The number of aliphatic carboxylic acids is 1. The Kier molecular flexibility index (Phi) is 5.72. The molecule has 1 aromatic rings. The monoisotopic (exact) mass is 332 g/mol. The minimum absolute atomic E-state index is 0.0108. The first kappa shape index (κ1) is 18.2. The topological polar surface area (TPSA) is 126 Å². The van der Waals surface area contributed by atoms with Crippen molar-refractivity contribution in [1.82, 2.24) is 10.0 Å². The summed E-state index contributed by atoms with van der Waals surface area (Å²) in [5, 5.41) is 11.2. The Morgan fingerprint density at radius 2 is 2.00 bits per heavy atom. The van der Waals surface area contributed by atoms with E-state index in [4.69, 9.17) is 9.52 Å². The molecule has 0 spiro atoms. The normalized spacial score (nSPS) is 14.4. The Hall–Kier alpha value is -1.87. The summed E-state index contributed by atoms with van der Waals surface area (Å²) < 4.78 is 30.4. The Morgan fingerprint density at radius 3 is 2.45 bits per heavy atom. The molecule has 1 aromatic heterocycles. The van der Waals surface area contributed by atoms with Gasteiger partial charge in [-0.3, -0.25) is 4.79 Å². The molecule has 8 nitrogen and oxygen atoms in total. The van der Waals surface area contributed by atoms with Gasteiger partial charge in [0, 0.05) is 6.07 Å². The SMILES string of the molecule is CCC(C)C(NC(=O)c1cc(S(=O)(=O)NC)oc1C)C(=O)O. The van der Waals surface area contributed by atoms with Crippen molar-refractivity contribution in [3.8, 4) is 0 Å². The molecule has 1 rings (SSSR count). The molecule has 2 unspecified atom stereocenters. The highest BCUT2D eigenvalue weighted by atomic mass is 32.2. The van der Waals surface area contributed by atoms with Gasteiger partial charge in [0.15, 0.2) is 0 Å². The lowest BCUT2D eigenvalue weighted by molar-refractivity contribution is -0.140. The van der Waals surface area contributed by atoms with Crippen LogP contribution in [0.1, 0.15) is 36.4 Å². The summed E-state index contributed by atoms with van der Waals surface area (Å²) in [6.45, 7) is 4.95. The predicted molar refractivity (Wildman–Crippen MR) is 78.0 cm³/mol. The molecule has 0 saturated carbocycles. The number of hydrogen-bond donors (Lipinski definition) is 3. The molecular formula is C13H20N2O6S. The minimum Gasteiger partial charge on any atom is -0.480 e. The molecule has 2 atom stereocenters. The van der Waals surface area contributed by atoms with Crippen LogP contribution in [-0.2, 0) is 14.8 Å². The van der Waals surface area contributed by atoms with Gasteiger partial charge in [0.1, 0.15) is 11.8 Å². The number of carbonyl (C=O) groups excluding carboxylic acids is 1. The van der Waals surface area contributed by atoms with E-state index in [0.29, 0.717) is 6.42 Å². The van der Waals surface area contributed by atoms with E-state index in [-0.39, 0.29) is 17.2 Å². The number of carbonyl (C=O) groups is 2. The maximum absolute atomic E-state index is 12.2. The van der Waals surface area contributed by atoms with Crippen LogP contribution in [0.25, 0.3) is 0 Å². The lowest BCUT2D eigenvalue weighted by Crippen LogP contribution is -2.45. The number of carboxylic acids is 1. The van der Waals surface area contributed by atoms with E-state index in [1.807, 2.05) is 6.92 Å². The average molecular weight is 332 g/mol. The first-order valence-electron chi connectivity index (χ1n) is 6.71. The molecule has 0 fully saturated rings. The summed E-state index contributed by atoms with van der Waals surface area (Å²) in [6.07, 6.45) is 0.570. The van der Waals surface area contributed by atoms with Crippen molar-refractivity contribution in [2.75, 3.05) is 7.05 Å². The average Bonchev–Trinajstić information content (AvgIpc) is 2.86.